The van der Waals surface area contributed by atoms with Crippen LogP contribution in [0.15, 0.2) is 61.1 Å². The van der Waals surface area contributed by atoms with Gasteiger partial charge in [0.05, 0.1) is 18.4 Å². The number of methoxy groups -OCH3 is 1. The lowest BCUT2D eigenvalue weighted by atomic mass is 10.3. The predicted molar refractivity (Wildman–Crippen MR) is 93.3 cm³/mol. The summed E-state index contributed by atoms with van der Waals surface area (Å²) in [5.41, 5.74) is 0.743. The number of pyridine rings is 1. The Morgan fingerprint density at radius 3 is 2.69 bits per heavy atom. The van der Waals surface area contributed by atoms with Crippen LogP contribution >= 0.6 is 0 Å². The van der Waals surface area contributed by atoms with Crippen molar-refractivity contribution in [1.82, 2.24) is 14.8 Å². The van der Waals surface area contributed by atoms with Gasteiger partial charge in [-0.15, -0.1) is 0 Å². The summed E-state index contributed by atoms with van der Waals surface area (Å²) in [4.78, 5) is 28.1. The minimum Gasteiger partial charge on any atom is -0.495 e. The molecule has 2 heterocycles. The van der Waals surface area contributed by atoms with Gasteiger partial charge < -0.3 is 14.8 Å². The number of carbonyl (C=O) groups excluding carboxylic acids is 2. The largest absolute Gasteiger partial charge is 0.495 e. The van der Waals surface area contributed by atoms with E-state index < -0.39 is 18.5 Å². The van der Waals surface area contributed by atoms with Gasteiger partial charge in [-0.05, 0) is 30.3 Å². The summed E-state index contributed by atoms with van der Waals surface area (Å²) in [6.45, 7) is -0.419. The first-order valence-electron chi connectivity index (χ1n) is 7.73. The summed E-state index contributed by atoms with van der Waals surface area (Å²) >= 11 is 0. The zero-order valence-corrected chi connectivity index (χ0v) is 14.0. The number of hydrogen-bond donors (Lipinski definition) is 1. The van der Waals surface area contributed by atoms with Crippen molar-refractivity contribution in [2.24, 2.45) is 0 Å². The summed E-state index contributed by atoms with van der Waals surface area (Å²) in [6, 6.07) is 11.9. The first-order chi connectivity index (χ1) is 12.7. The molecule has 1 amide bonds. The van der Waals surface area contributed by atoms with Crippen LogP contribution in [0.3, 0.4) is 0 Å². The molecule has 0 aliphatic rings. The fraction of sp³-hybridized carbons (Fsp3) is 0.111. The Morgan fingerprint density at radius 2 is 2.00 bits per heavy atom. The third kappa shape index (κ3) is 4.04. The molecule has 0 aliphatic carbocycles. The van der Waals surface area contributed by atoms with Crippen LogP contribution in [0.2, 0.25) is 0 Å². The number of carbonyl (C=O) groups is 2. The highest BCUT2D eigenvalue weighted by Crippen LogP contribution is 2.22. The topological polar surface area (TPSA) is 95.3 Å². The fourth-order valence-electron chi connectivity index (χ4n) is 2.20. The molecule has 3 aromatic rings. The van der Waals surface area contributed by atoms with Crippen LogP contribution in [-0.4, -0.2) is 40.4 Å². The maximum Gasteiger partial charge on any atom is 0.340 e. The van der Waals surface area contributed by atoms with E-state index in [4.69, 9.17) is 9.47 Å². The Morgan fingerprint density at radius 1 is 1.15 bits per heavy atom. The lowest BCUT2D eigenvalue weighted by molar-refractivity contribution is -0.119. The molecular weight excluding hydrogens is 336 g/mol. The SMILES string of the molecule is COc1ccccc1NC(=O)COC(=O)c1ccc(-n2cccn2)nc1. The van der Waals surface area contributed by atoms with Crippen molar-refractivity contribution in [3.63, 3.8) is 0 Å². The number of amides is 1. The molecule has 8 heteroatoms. The van der Waals surface area contributed by atoms with E-state index in [2.05, 4.69) is 15.4 Å². The van der Waals surface area contributed by atoms with Crippen LogP contribution in [0.25, 0.3) is 5.82 Å². The number of rotatable bonds is 6. The van der Waals surface area contributed by atoms with Crippen molar-refractivity contribution in [2.45, 2.75) is 0 Å². The zero-order valence-electron chi connectivity index (χ0n) is 14.0. The molecule has 0 bridgehead atoms. The minimum atomic E-state index is -0.639. The number of esters is 1. The number of ether oxygens (including phenoxy) is 2. The molecule has 26 heavy (non-hydrogen) atoms. The molecule has 0 unspecified atom stereocenters. The van der Waals surface area contributed by atoms with Crippen molar-refractivity contribution >= 4 is 17.6 Å². The van der Waals surface area contributed by atoms with E-state index in [1.807, 2.05) is 0 Å². The molecule has 1 N–H and O–H groups in total. The third-order valence-electron chi connectivity index (χ3n) is 3.44. The molecule has 0 radical (unpaired) electrons. The van der Waals surface area contributed by atoms with Crippen LogP contribution < -0.4 is 10.1 Å². The van der Waals surface area contributed by atoms with E-state index in [-0.39, 0.29) is 5.56 Å². The average Bonchev–Trinajstić information content (AvgIpc) is 3.21. The van der Waals surface area contributed by atoms with Gasteiger partial charge in [0.2, 0.25) is 0 Å². The number of nitrogens with one attached hydrogen (secondary N) is 1. The number of anilines is 1. The van der Waals surface area contributed by atoms with Crippen LogP contribution in [0.4, 0.5) is 5.69 Å². The van der Waals surface area contributed by atoms with E-state index in [1.54, 1.807) is 59.5 Å². The maximum absolute atomic E-state index is 12.0. The summed E-state index contributed by atoms with van der Waals surface area (Å²) < 4.78 is 11.7. The molecule has 0 spiro atoms. The lowest BCUT2D eigenvalue weighted by Gasteiger charge is -2.10. The number of nitrogens with zero attached hydrogens (tertiary/aromatic N) is 3. The van der Waals surface area contributed by atoms with E-state index >= 15 is 0 Å². The Labute approximate surface area is 149 Å². The number of benzene rings is 1. The quantitative estimate of drug-likeness (QED) is 0.683. The van der Waals surface area contributed by atoms with E-state index in [0.29, 0.717) is 17.3 Å². The van der Waals surface area contributed by atoms with E-state index in [0.717, 1.165) is 0 Å². The van der Waals surface area contributed by atoms with Gasteiger partial charge in [0.15, 0.2) is 12.4 Å². The van der Waals surface area contributed by atoms with Gasteiger partial charge in [0.1, 0.15) is 5.75 Å². The molecule has 0 saturated carbocycles. The first kappa shape index (κ1) is 17.2. The fourth-order valence-corrected chi connectivity index (χ4v) is 2.20. The third-order valence-corrected chi connectivity index (χ3v) is 3.44. The van der Waals surface area contributed by atoms with Crippen LogP contribution in [-0.2, 0) is 9.53 Å². The van der Waals surface area contributed by atoms with Crippen LogP contribution in [0, 0.1) is 0 Å². The second-order valence-corrected chi connectivity index (χ2v) is 5.18. The second kappa shape index (κ2) is 7.93. The van der Waals surface area contributed by atoms with Gasteiger partial charge in [-0.2, -0.15) is 5.10 Å². The van der Waals surface area contributed by atoms with Gasteiger partial charge in [-0.25, -0.2) is 14.5 Å². The highest BCUT2D eigenvalue weighted by atomic mass is 16.5. The molecule has 2 aromatic heterocycles. The van der Waals surface area contributed by atoms with Gasteiger partial charge in [0.25, 0.3) is 5.91 Å². The number of hydrogen-bond acceptors (Lipinski definition) is 6. The molecule has 0 atom stereocenters. The summed E-state index contributed by atoms with van der Waals surface area (Å²) in [5.74, 6) is -0.0188. The van der Waals surface area contributed by atoms with Crippen molar-refractivity contribution in [3.05, 3.63) is 66.6 Å². The number of para-hydroxylation sites is 2. The minimum absolute atomic E-state index is 0.242. The molecule has 8 nitrogen and oxygen atoms in total. The highest BCUT2D eigenvalue weighted by Gasteiger charge is 2.12. The molecule has 0 fully saturated rings. The molecule has 3 rings (SSSR count). The second-order valence-electron chi connectivity index (χ2n) is 5.18. The first-order valence-corrected chi connectivity index (χ1v) is 7.73. The van der Waals surface area contributed by atoms with Crippen molar-refractivity contribution in [3.8, 4) is 11.6 Å². The predicted octanol–water partition coefficient (Wildman–Crippen LogP) is 2.07. The standard InChI is InChI=1S/C18H16N4O4/c1-25-15-6-3-2-5-14(15)21-17(23)12-26-18(24)13-7-8-16(19-11-13)22-10-4-9-20-22/h2-11H,12H2,1H3,(H,21,23). The maximum atomic E-state index is 12.0. The normalized spacial score (nSPS) is 10.2. The Hall–Kier alpha value is -3.68. The smallest absolute Gasteiger partial charge is 0.340 e. The van der Waals surface area contributed by atoms with Crippen molar-refractivity contribution in [2.75, 3.05) is 19.0 Å². The Kier molecular flexibility index (Phi) is 5.23. The van der Waals surface area contributed by atoms with Gasteiger partial charge in [-0.1, -0.05) is 12.1 Å². The highest BCUT2D eigenvalue weighted by molar-refractivity contribution is 5.96. The molecule has 0 aliphatic heterocycles. The van der Waals surface area contributed by atoms with Crippen LogP contribution in [0.5, 0.6) is 5.75 Å². The molecule has 1 aromatic carbocycles. The van der Waals surface area contributed by atoms with Crippen molar-refractivity contribution in [1.29, 1.82) is 0 Å². The Balaban J connectivity index is 1.55. The molecule has 0 saturated heterocycles. The summed E-state index contributed by atoms with van der Waals surface area (Å²) in [7, 11) is 1.50. The van der Waals surface area contributed by atoms with E-state index in [9.17, 15) is 9.59 Å². The average molecular weight is 352 g/mol. The Bertz CT molecular complexity index is 892. The molecular formula is C18H16N4O4. The van der Waals surface area contributed by atoms with Gasteiger partial charge >= 0.3 is 5.97 Å². The van der Waals surface area contributed by atoms with E-state index in [1.165, 1.54) is 13.3 Å². The molecule has 132 valence electrons. The summed E-state index contributed by atoms with van der Waals surface area (Å²) in [5, 5.41) is 6.68. The lowest BCUT2D eigenvalue weighted by Crippen LogP contribution is -2.21. The van der Waals surface area contributed by atoms with Crippen molar-refractivity contribution < 1.29 is 19.1 Å². The monoisotopic (exact) mass is 352 g/mol. The van der Waals surface area contributed by atoms with Gasteiger partial charge in [-0.3, -0.25) is 4.79 Å². The zero-order chi connectivity index (χ0) is 18.4. The van der Waals surface area contributed by atoms with Crippen LogP contribution in [0.1, 0.15) is 10.4 Å². The number of aromatic nitrogens is 3. The summed E-state index contributed by atoms with van der Waals surface area (Å²) in [6.07, 6.45) is 4.74. The van der Waals surface area contributed by atoms with Gasteiger partial charge in [0, 0.05) is 18.6 Å².